The molecule has 0 radical (unpaired) electrons. The van der Waals surface area contributed by atoms with Gasteiger partial charge in [0.05, 0.1) is 10.8 Å². The normalized spacial score (nSPS) is 20.3. The Balaban J connectivity index is 1.87. The van der Waals surface area contributed by atoms with Gasteiger partial charge in [-0.2, -0.15) is 0 Å². The second kappa shape index (κ2) is 8.05. The van der Waals surface area contributed by atoms with E-state index in [2.05, 4.69) is 5.32 Å². The zero-order chi connectivity index (χ0) is 15.9. The van der Waals surface area contributed by atoms with Gasteiger partial charge in [0.25, 0.3) is 0 Å². The number of carbonyl (C=O) groups is 2. The van der Waals surface area contributed by atoms with E-state index >= 15 is 0 Å². The largest absolute Gasteiger partial charge is 0.480 e. The monoisotopic (exact) mass is 325 g/mol. The molecular weight excluding hydrogens is 306 g/mol. The lowest BCUT2D eigenvalue weighted by atomic mass is 10.2. The van der Waals surface area contributed by atoms with Crippen molar-refractivity contribution in [3.8, 4) is 0 Å². The van der Waals surface area contributed by atoms with Gasteiger partial charge in [-0.25, -0.2) is 4.79 Å². The summed E-state index contributed by atoms with van der Waals surface area (Å²) in [5.41, 5.74) is 0. The number of rotatable bonds is 7. The van der Waals surface area contributed by atoms with Crippen LogP contribution in [0, 0.1) is 0 Å². The van der Waals surface area contributed by atoms with Crippen molar-refractivity contribution < 1.29 is 23.6 Å². The highest BCUT2D eigenvalue weighted by atomic mass is 32.2. The summed E-state index contributed by atoms with van der Waals surface area (Å²) >= 11 is 0. The van der Waals surface area contributed by atoms with Crippen molar-refractivity contribution in [3.63, 3.8) is 0 Å². The van der Waals surface area contributed by atoms with E-state index in [1.165, 1.54) is 0 Å². The molecule has 3 atom stereocenters. The fourth-order valence-corrected chi connectivity index (χ4v) is 3.37. The molecule has 1 saturated heterocycles. The van der Waals surface area contributed by atoms with Gasteiger partial charge in [-0.3, -0.25) is 9.00 Å². The molecule has 22 heavy (non-hydrogen) atoms. The molecule has 2 rings (SSSR count). The third kappa shape index (κ3) is 4.64. The number of hydrogen-bond acceptors (Lipinski definition) is 4. The molecule has 0 aromatic heterocycles. The Bertz CT molecular complexity index is 542. The summed E-state index contributed by atoms with van der Waals surface area (Å²) in [4.78, 5) is 23.8. The minimum absolute atomic E-state index is 0.106. The number of carboxylic acid groups (broad SMARTS) is 1. The zero-order valence-corrected chi connectivity index (χ0v) is 12.9. The van der Waals surface area contributed by atoms with Gasteiger partial charge in [0, 0.05) is 17.3 Å². The highest BCUT2D eigenvalue weighted by Gasteiger charge is 2.28. The average molecular weight is 325 g/mol. The van der Waals surface area contributed by atoms with Gasteiger partial charge in [-0.15, -0.1) is 0 Å². The maximum Gasteiger partial charge on any atom is 0.326 e. The number of amides is 1. The molecule has 1 aromatic carbocycles. The molecule has 1 amide bonds. The first-order valence-corrected chi connectivity index (χ1v) is 8.48. The SMILES string of the molecule is O=C(N[C@H](CC[S@@](=O)c1ccccc1)C(=O)O)[C@@H]1CCCO1. The van der Waals surface area contributed by atoms with Crippen LogP contribution in [-0.2, 0) is 25.1 Å². The number of nitrogens with one attached hydrogen (secondary N) is 1. The maximum absolute atomic E-state index is 12.1. The van der Waals surface area contributed by atoms with Crippen LogP contribution in [0.25, 0.3) is 0 Å². The van der Waals surface area contributed by atoms with Crippen molar-refractivity contribution in [2.75, 3.05) is 12.4 Å². The summed E-state index contributed by atoms with van der Waals surface area (Å²) < 4.78 is 17.3. The molecule has 0 aliphatic carbocycles. The lowest BCUT2D eigenvalue weighted by Gasteiger charge is -2.17. The second-order valence-electron chi connectivity index (χ2n) is 5.05. The highest BCUT2D eigenvalue weighted by molar-refractivity contribution is 7.85. The van der Waals surface area contributed by atoms with Gasteiger partial charge >= 0.3 is 5.97 Å². The van der Waals surface area contributed by atoms with Gasteiger partial charge < -0.3 is 15.2 Å². The first kappa shape index (κ1) is 16.6. The van der Waals surface area contributed by atoms with Crippen LogP contribution in [0.2, 0.25) is 0 Å². The molecule has 7 heteroatoms. The summed E-state index contributed by atoms with van der Waals surface area (Å²) in [6.45, 7) is 0.522. The summed E-state index contributed by atoms with van der Waals surface area (Å²) in [6, 6.07) is 7.79. The molecule has 1 aromatic rings. The number of hydrogen-bond donors (Lipinski definition) is 2. The van der Waals surface area contributed by atoms with Crippen molar-refractivity contribution in [1.29, 1.82) is 0 Å². The molecule has 1 fully saturated rings. The number of benzene rings is 1. The average Bonchev–Trinajstić information content (AvgIpc) is 3.06. The van der Waals surface area contributed by atoms with E-state index < -0.39 is 34.8 Å². The Morgan fingerprint density at radius 2 is 2.09 bits per heavy atom. The first-order valence-electron chi connectivity index (χ1n) is 7.16. The molecule has 0 spiro atoms. The van der Waals surface area contributed by atoms with E-state index in [1.807, 2.05) is 6.07 Å². The summed E-state index contributed by atoms with van der Waals surface area (Å²) in [5.74, 6) is -1.36. The Morgan fingerprint density at radius 1 is 1.36 bits per heavy atom. The quantitative estimate of drug-likeness (QED) is 0.778. The number of carbonyl (C=O) groups excluding carboxylic acids is 1. The van der Waals surface area contributed by atoms with Gasteiger partial charge in [0.15, 0.2) is 0 Å². The minimum Gasteiger partial charge on any atom is -0.480 e. The van der Waals surface area contributed by atoms with Crippen LogP contribution in [-0.4, -0.2) is 45.7 Å². The Labute approximate surface area is 131 Å². The number of ether oxygens (including phenoxy) is 1. The van der Waals surface area contributed by atoms with Crippen LogP contribution in [0.5, 0.6) is 0 Å². The molecule has 0 unspecified atom stereocenters. The van der Waals surface area contributed by atoms with Crippen molar-refractivity contribution in [2.24, 2.45) is 0 Å². The molecule has 6 nitrogen and oxygen atoms in total. The van der Waals surface area contributed by atoms with Crippen LogP contribution in [0.1, 0.15) is 19.3 Å². The van der Waals surface area contributed by atoms with Crippen molar-refractivity contribution in [1.82, 2.24) is 5.32 Å². The lowest BCUT2D eigenvalue weighted by Crippen LogP contribution is -2.45. The standard InChI is InChI=1S/C15H19NO5S/c17-14(13-7-4-9-21-13)16-12(15(18)19)8-10-22(20)11-5-2-1-3-6-11/h1-3,5-6,12-13H,4,7-10H2,(H,16,17)(H,18,19)/t12-,13+,22-/m1/s1. The minimum atomic E-state index is -1.28. The van der Waals surface area contributed by atoms with Crippen LogP contribution in [0.15, 0.2) is 35.2 Å². The fourth-order valence-electron chi connectivity index (χ4n) is 2.22. The van der Waals surface area contributed by atoms with Crippen LogP contribution in [0.4, 0.5) is 0 Å². The van der Waals surface area contributed by atoms with E-state index in [0.717, 1.165) is 6.42 Å². The van der Waals surface area contributed by atoms with Gasteiger partial charge in [-0.05, 0) is 31.4 Å². The summed E-state index contributed by atoms with van der Waals surface area (Å²) in [6.07, 6.45) is 0.943. The Kier molecular flexibility index (Phi) is 6.09. The van der Waals surface area contributed by atoms with E-state index in [4.69, 9.17) is 4.74 Å². The van der Waals surface area contributed by atoms with Crippen LogP contribution in [0.3, 0.4) is 0 Å². The molecule has 120 valence electrons. The lowest BCUT2D eigenvalue weighted by molar-refractivity contribution is -0.143. The smallest absolute Gasteiger partial charge is 0.326 e. The van der Waals surface area contributed by atoms with E-state index in [9.17, 15) is 18.9 Å². The Hall–Kier alpha value is -1.73. The Morgan fingerprint density at radius 3 is 2.68 bits per heavy atom. The summed E-state index contributed by atoms with van der Waals surface area (Å²) in [5, 5.41) is 11.7. The third-order valence-corrected chi connectivity index (χ3v) is 4.84. The molecule has 2 N–H and O–H groups in total. The molecule has 0 saturated carbocycles. The van der Waals surface area contributed by atoms with Gasteiger partial charge in [0.2, 0.25) is 5.91 Å². The molecular formula is C15H19NO5S. The van der Waals surface area contributed by atoms with Crippen molar-refractivity contribution in [3.05, 3.63) is 30.3 Å². The highest BCUT2D eigenvalue weighted by Crippen LogP contribution is 2.13. The van der Waals surface area contributed by atoms with Crippen molar-refractivity contribution >= 4 is 22.7 Å². The molecule has 1 aliphatic rings. The first-order chi connectivity index (χ1) is 10.6. The topological polar surface area (TPSA) is 92.7 Å². The molecule has 1 aliphatic heterocycles. The predicted octanol–water partition coefficient (Wildman–Crippen LogP) is 0.933. The van der Waals surface area contributed by atoms with E-state index in [-0.39, 0.29) is 12.2 Å². The third-order valence-electron chi connectivity index (χ3n) is 3.43. The zero-order valence-electron chi connectivity index (χ0n) is 12.1. The van der Waals surface area contributed by atoms with Gasteiger partial charge in [-0.1, -0.05) is 18.2 Å². The second-order valence-corrected chi connectivity index (χ2v) is 6.62. The molecule has 1 heterocycles. The fraction of sp³-hybridized carbons (Fsp3) is 0.467. The van der Waals surface area contributed by atoms with E-state index in [1.54, 1.807) is 24.3 Å². The van der Waals surface area contributed by atoms with Gasteiger partial charge in [0.1, 0.15) is 12.1 Å². The number of aliphatic carboxylic acids is 1. The molecule has 0 bridgehead atoms. The maximum atomic E-state index is 12.1. The van der Waals surface area contributed by atoms with E-state index in [0.29, 0.717) is 17.9 Å². The number of carboxylic acids is 1. The van der Waals surface area contributed by atoms with Crippen molar-refractivity contribution in [2.45, 2.75) is 36.3 Å². The summed E-state index contributed by atoms with van der Waals surface area (Å²) in [7, 11) is -1.28. The van der Waals surface area contributed by atoms with Crippen LogP contribution < -0.4 is 5.32 Å². The van der Waals surface area contributed by atoms with Crippen LogP contribution >= 0.6 is 0 Å². The predicted molar refractivity (Wildman–Crippen MR) is 80.9 cm³/mol.